The minimum absolute atomic E-state index is 0.310. The van der Waals surface area contributed by atoms with Crippen molar-refractivity contribution < 1.29 is 18.7 Å². The third kappa shape index (κ3) is 5.02. The lowest BCUT2D eigenvalue weighted by atomic mass is 10.1. The fourth-order valence-corrected chi connectivity index (χ4v) is 3.53. The van der Waals surface area contributed by atoms with E-state index in [9.17, 15) is 4.79 Å². The van der Waals surface area contributed by atoms with E-state index in [0.717, 1.165) is 11.3 Å². The van der Waals surface area contributed by atoms with Gasteiger partial charge in [0.1, 0.15) is 18.9 Å². The van der Waals surface area contributed by atoms with Crippen molar-refractivity contribution in [1.82, 2.24) is 24.7 Å². The number of ether oxygens (including phenoxy) is 2. The minimum atomic E-state index is -0.310. The molecule has 10 nitrogen and oxygen atoms in total. The number of fused-ring (bicyclic) bond motifs is 1. The zero-order valence-corrected chi connectivity index (χ0v) is 18.9. The van der Waals surface area contributed by atoms with Crippen LogP contribution < -0.4 is 10.1 Å². The number of anilines is 1. The number of hydrogen-bond acceptors (Lipinski definition) is 8. The van der Waals surface area contributed by atoms with Gasteiger partial charge in [-0.15, -0.1) is 0 Å². The molecule has 5 aromatic rings. The Hall–Kier alpha value is -4.57. The molecule has 0 radical (unpaired) electrons. The Bertz CT molecular complexity index is 1420. The van der Waals surface area contributed by atoms with Crippen LogP contribution in [0.2, 0.25) is 0 Å². The fourth-order valence-electron chi connectivity index (χ4n) is 3.53. The van der Waals surface area contributed by atoms with Crippen molar-refractivity contribution in [3.05, 3.63) is 84.8 Å². The van der Waals surface area contributed by atoms with Crippen LogP contribution in [0.4, 0.5) is 5.69 Å². The van der Waals surface area contributed by atoms with Gasteiger partial charge >= 0.3 is 0 Å². The molecular weight excluding hydrogens is 448 g/mol. The van der Waals surface area contributed by atoms with Crippen LogP contribution in [0, 0.1) is 0 Å². The number of rotatable bonds is 9. The maximum absolute atomic E-state index is 13.3. The standard InChI is InChI=1S/C25H22N6O4/c1-33-10-11-35-23-7-6-18(14-27-23)29-25(32)20-12-22(17-4-2-8-26-13-17)30-24-21(20)15-28-31(24)16-19-5-3-9-34-19/h2-9,12-15H,10-11,16H2,1H3,(H,29,32). The van der Waals surface area contributed by atoms with Crippen LogP contribution in [0.15, 0.2) is 77.9 Å². The summed E-state index contributed by atoms with van der Waals surface area (Å²) in [6.45, 7) is 1.24. The Morgan fingerprint density at radius 3 is 2.80 bits per heavy atom. The van der Waals surface area contributed by atoms with Gasteiger partial charge in [0.25, 0.3) is 5.91 Å². The maximum Gasteiger partial charge on any atom is 0.256 e. The van der Waals surface area contributed by atoms with Crippen molar-refractivity contribution in [3.8, 4) is 17.1 Å². The molecular formula is C25H22N6O4. The number of carbonyl (C=O) groups excluding carboxylic acids is 1. The highest BCUT2D eigenvalue weighted by molar-refractivity contribution is 6.12. The number of nitrogens with zero attached hydrogens (tertiary/aromatic N) is 5. The highest BCUT2D eigenvalue weighted by atomic mass is 16.5. The third-order valence-electron chi connectivity index (χ3n) is 5.23. The van der Waals surface area contributed by atoms with Gasteiger partial charge in [-0.05, 0) is 36.4 Å². The van der Waals surface area contributed by atoms with E-state index >= 15 is 0 Å². The van der Waals surface area contributed by atoms with Crippen molar-refractivity contribution in [3.63, 3.8) is 0 Å². The molecule has 176 valence electrons. The van der Waals surface area contributed by atoms with E-state index in [1.165, 1.54) is 0 Å². The van der Waals surface area contributed by atoms with Crippen LogP contribution in [-0.4, -0.2) is 51.0 Å². The molecule has 0 aromatic carbocycles. The highest BCUT2D eigenvalue weighted by Gasteiger charge is 2.18. The quantitative estimate of drug-likeness (QED) is 0.323. The number of furan rings is 1. The lowest BCUT2D eigenvalue weighted by Crippen LogP contribution is -2.13. The van der Waals surface area contributed by atoms with Crippen molar-refractivity contribution in [2.24, 2.45) is 0 Å². The predicted molar refractivity (Wildman–Crippen MR) is 128 cm³/mol. The van der Waals surface area contributed by atoms with Gasteiger partial charge in [0, 0.05) is 31.1 Å². The monoisotopic (exact) mass is 470 g/mol. The molecule has 0 fully saturated rings. The molecule has 0 spiro atoms. The largest absolute Gasteiger partial charge is 0.475 e. The summed E-state index contributed by atoms with van der Waals surface area (Å²) in [4.78, 5) is 26.5. The Balaban J connectivity index is 1.47. The molecule has 0 aliphatic rings. The number of hydrogen-bond donors (Lipinski definition) is 1. The second-order valence-electron chi connectivity index (χ2n) is 7.60. The van der Waals surface area contributed by atoms with E-state index in [1.54, 1.807) is 61.0 Å². The molecule has 0 saturated carbocycles. The van der Waals surface area contributed by atoms with Crippen LogP contribution >= 0.6 is 0 Å². The summed E-state index contributed by atoms with van der Waals surface area (Å²) in [6, 6.07) is 12.6. The van der Waals surface area contributed by atoms with Crippen molar-refractivity contribution in [2.75, 3.05) is 25.6 Å². The Morgan fingerprint density at radius 1 is 1.11 bits per heavy atom. The molecule has 0 atom stereocenters. The summed E-state index contributed by atoms with van der Waals surface area (Å²) >= 11 is 0. The Kier molecular flexibility index (Phi) is 6.44. The number of amides is 1. The molecule has 0 saturated heterocycles. The van der Waals surface area contributed by atoms with E-state index in [4.69, 9.17) is 18.9 Å². The predicted octanol–water partition coefficient (Wildman–Crippen LogP) is 3.81. The van der Waals surface area contributed by atoms with Crippen LogP contribution in [0.1, 0.15) is 16.1 Å². The van der Waals surface area contributed by atoms with Gasteiger partial charge in [0.15, 0.2) is 5.65 Å². The molecule has 5 rings (SSSR count). The molecule has 10 heteroatoms. The Morgan fingerprint density at radius 2 is 2.06 bits per heavy atom. The van der Waals surface area contributed by atoms with Gasteiger partial charge in [0.05, 0.1) is 47.6 Å². The van der Waals surface area contributed by atoms with Crippen LogP contribution in [0.5, 0.6) is 5.88 Å². The summed E-state index contributed by atoms with van der Waals surface area (Å²) in [5.41, 5.74) is 2.92. The van der Waals surface area contributed by atoms with E-state index < -0.39 is 0 Å². The molecule has 35 heavy (non-hydrogen) atoms. The number of methoxy groups -OCH3 is 1. The molecule has 0 aliphatic carbocycles. The smallest absolute Gasteiger partial charge is 0.256 e. The van der Waals surface area contributed by atoms with E-state index in [2.05, 4.69) is 20.4 Å². The van der Waals surface area contributed by atoms with E-state index in [1.807, 2.05) is 24.3 Å². The van der Waals surface area contributed by atoms with Gasteiger partial charge in [-0.2, -0.15) is 5.10 Å². The van der Waals surface area contributed by atoms with Gasteiger partial charge in [-0.1, -0.05) is 0 Å². The summed E-state index contributed by atoms with van der Waals surface area (Å²) < 4.78 is 17.6. The van der Waals surface area contributed by atoms with Gasteiger partial charge in [0.2, 0.25) is 5.88 Å². The second kappa shape index (κ2) is 10.1. The normalized spacial score (nSPS) is 11.0. The van der Waals surface area contributed by atoms with Gasteiger partial charge < -0.3 is 19.2 Å². The summed E-state index contributed by atoms with van der Waals surface area (Å²) in [6.07, 6.45) is 8.18. The lowest BCUT2D eigenvalue weighted by molar-refractivity contribution is 0.102. The summed E-state index contributed by atoms with van der Waals surface area (Å²) in [5, 5.41) is 7.98. The first-order valence-electron chi connectivity index (χ1n) is 10.9. The first-order chi connectivity index (χ1) is 17.2. The topological polar surface area (TPSA) is 117 Å². The molecule has 5 heterocycles. The van der Waals surface area contributed by atoms with E-state index in [-0.39, 0.29) is 5.91 Å². The second-order valence-corrected chi connectivity index (χ2v) is 7.60. The lowest BCUT2D eigenvalue weighted by Gasteiger charge is -2.10. The number of carbonyl (C=O) groups is 1. The van der Waals surface area contributed by atoms with Crippen LogP contribution in [0.3, 0.4) is 0 Å². The highest BCUT2D eigenvalue weighted by Crippen LogP contribution is 2.26. The summed E-state index contributed by atoms with van der Waals surface area (Å²) in [5.74, 6) is 0.868. The molecule has 5 aromatic heterocycles. The SMILES string of the molecule is COCCOc1ccc(NC(=O)c2cc(-c3cccnc3)nc3c2cnn3Cc2ccco2)cn1. The van der Waals surface area contributed by atoms with Crippen LogP contribution in [-0.2, 0) is 11.3 Å². The molecule has 1 N–H and O–H groups in total. The van der Waals surface area contributed by atoms with Crippen molar-refractivity contribution in [1.29, 1.82) is 0 Å². The first-order valence-corrected chi connectivity index (χ1v) is 10.9. The van der Waals surface area contributed by atoms with Crippen molar-refractivity contribution >= 4 is 22.6 Å². The fraction of sp³-hybridized carbons (Fsp3) is 0.160. The van der Waals surface area contributed by atoms with Gasteiger partial charge in [-0.3, -0.25) is 9.78 Å². The molecule has 1 amide bonds. The minimum Gasteiger partial charge on any atom is -0.475 e. The van der Waals surface area contributed by atoms with Crippen molar-refractivity contribution in [2.45, 2.75) is 6.54 Å². The number of pyridine rings is 3. The van der Waals surface area contributed by atoms with Crippen LogP contribution in [0.25, 0.3) is 22.3 Å². The number of aromatic nitrogens is 5. The van der Waals surface area contributed by atoms with E-state index in [0.29, 0.717) is 53.6 Å². The van der Waals surface area contributed by atoms with Gasteiger partial charge in [-0.25, -0.2) is 14.6 Å². The first kappa shape index (κ1) is 22.2. The average molecular weight is 470 g/mol. The maximum atomic E-state index is 13.3. The zero-order chi connectivity index (χ0) is 24.0. The molecule has 0 aliphatic heterocycles. The Labute approximate surface area is 200 Å². The zero-order valence-electron chi connectivity index (χ0n) is 18.9. The average Bonchev–Trinajstić information content (AvgIpc) is 3.56. The molecule has 0 unspecified atom stereocenters. The number of nitrogens with one attached hydrogen (secondary N) is 1. The third-order valence-corrected chi connectivity index (χ3v) is 5.23. The molecule has 0 bridgehead atoms. The summed E-state index contributed by atoms with van der Waals surface area (Å²) in [7, 11) is 1.60.